The molecule has 0 unspecified atom stereocenters. The number of hydrogen-bond acceptors (Lipinski definition) is 14. The van der Waals surface area contributed by atoms with Crippen LogP contribution in [0.1, 0.15) is 19.4 Å². The van der Waals surface area contributed by atoms with Crippen molar-refractivity contribution in [1.82, 2.24) is 24.9 Å². The second-order valence-electron chi connectivity index (χ2n) is 13.3. The van der Waals surface area contributed by atoms with Gasteiger partial charge in [0.2, 0.25) is 53.1 Å². The van der Waals surface area contributed by atoms with Crippen molar-refractivity contribution in [3.63, 3.8) is 0 Å². The van der Waals surface area contributed by atoms with Crippen molar-refractivity contribution in [3.05, 3.63) is 149 Å². The quantitative estimate of drug-likeness (QED) is 0.115. The summed E-state index contributed by atoms with van der Waals surface area (Å²) in [6.45, 7) is 4.94. The van der Waals surface area contributed by atoms with Gasteiger partial charge in [0.25, 0.3) is 33.6 Å². The molecule has 3 N–H and O–H groups in total. The van der Waals surface area contributed by atoms with E-state index in [1.54, 1.807) is 16.4 Å². The van der Waals surface area contributed by atoms with Gasteiger partial charge in [-0.15, -0.1) is 0 Å². The first kappa shape index (κ1) is 93.1. The molecule has 0 atom stereocenters. The molecular formula is C34H18F30N10Na2O8S4Zn. The van der Waals surface area contributed by atoms with Gasteiger partial charge in [-0.05, 0) is 23.6 Å². The van der Waals surface area contributed by atoms with E-state index in [-0.39, 0.29) is 78.6 Å². The topological polar surface area (TPSA) is 293 Å². The van der Waals surface area contributed by atoms with E-state index < -0.39 is 208 Å². The van der Waals surface area contributed by atoms with E-state index in [4.69, 9.17) is 11.5 Å². The van der Waals surface area contributed by atoms with Crippen LogP contribution in [0, 0.1) is 123 Å². The molecule has 89 heavy (non-hydrogen) atoms. The average Bonchev–Trinajstić information content (AvgIpc) is 3.35. The van der Waals surface area contributed by atoms with Gasteiger partial charge < -0.3 is 25.6 Å². The van der Waals surface area contributed by atoms with Gasteiger partial charge in [0.05, 0.1) is 15.8 Å². The van der Waals surface area contributed by atoms with Crippen LogP contribution >= 0.6 is 0 Å². The van der Waals surface area contributed by atoms with Crippen molar-refractivity contribution in [2.45, 2.75) is 36.1 Å². The molecule has 0 aromatic carbocycles. The maximum absolute atomic E-state index is 12.9. The number of rotatable bonds is 8. The van der Waals surface area contributed by atoms with Crippen LogP contribution in [0.25, 0.3) is 19.9 Å². The third-order valence-corrected chi connectivity index (χ3v) is 10.8. The number of sulfone groups is 1. The summed E-state index contributed by atoms with van der Waals surface area (Å²) in [6, 6.07) is 0. The number of nitrogens with zero attached hydrogens (tertiary/aromatic N) is 8. The second kappa shape index (κ2) is 37.2. The Hall–Kier alpha value is -4.61. The molecule has 0 amide bonds. The number of hydrogen-bond donors (Lipinski definition) is 1. The van der Waals surface area contributed by atoms with E-state index in [2.05, 4.69) is 19.7 Å². The van der Waals surface area contributed by atoms with Crippen LogP contribution in [-0.4, -0.2) is 94.5 Å². The fourth-order valence-electron chi connectivity index (χ4n) is 3.57. The first-order valence-corrected chi connectivity index (χ1v) is 25.7. The monoisotopic (exact) mass is 1500 g/mol. The predicted octanol–water partition coefficient (Wildman–Crippen LogP) is 5.47. The molecule has 0 bridgehead atoms. The van der Waals surface area contributed by atoms with E-state index >= 15 is 0 Å². The molecule has 0 saturated carbocycles. The molecular weight excluding hydrogens is 1490 g/mol. The molecule has 0 radical (unpaired) electrons. The fraction of sp³-hybridized carbons (Fsp3) is 0.265. The Morgan fingerprint density at radius 3 is 0.730 bits per heavy atom. The van der Waals surface area contributed by atoms with E-state index in [9.17, 15) is 165 Å². The van der Waals surface area contributed by atoms with Crippen LogP contribution in [0.5, 0.6) is 0 Å². The molecule has 5 rings (SSSR count). The minimum atomic E-state index is -6.35. The minimum Gasteiger partial charge on any atom is -0.678 e. The van der Waals surface area contributed by atoms with Crippen LogP contribution < -0.4 is 64.8 Å². The Morgan fingerprint density at radius 1 is 0.371 bits per heavy atom. The van der Waals surface area contributed by atoms with Crippen LogP contribution in [0.15, 0.2) is 0 Å². The fourth-order valence-corrected chi connectivity index (χ4v) is 5.87. The zero-order valence-corrected chi connectivity index (χ0v) is 53.0. The van der Waals surface area contributed by atoms with Gasteiger partial charge in [0.15, 0.2) is 66.6 Å². The average molecular weight is 1500 g/mol. The van der Waals surface area contributed by atoms with E-state index in [0.717, 1.165) is 6.54 Å². The normalized spacial score (nSPS) is 11.3. The van der Waals surface area contributed by atoms with Crippen molar-refractivity contribution in [2.24, 2.45) is 5.73 Å². The number of aromatic nitrogens is 5. The number of nitrogens with one attached hydrogen (secondary N) is 1. The zero-order chi connectivity index (χ0) is 68.7. The van der Waals surface area contributed by atoms with Gasteiger partial charge in [-0.3, -0.25) is 0 Å². The first-order valence-electron chi connectivity index (χ1n) is 19.3. The van der Waals surface area contributed by atoms with Gasteiger partial charge in [-0.25, -0.2) is 73.2 Å². The van der Waals surface area contributed by atoms with Gasteiger partial charge in [-0.2, -0.15) is 124 Å². The summed E-state index contributed by atoms with van der Waals surface area (Å²) in [5.74, 6) is -48.7. The Balaban J connectivity index is -0.000000322. The van der Waals surface area contributed by atoms with Gasteiger partial charge in [0, 0.05) is 11.8 Å². The number of nitrogens with two attached hydrogens (primary N) is 1. The molecule has 5 aromatic heterocycles. The molecule has 0 fully saturated rings. The van der Waals surface area contributed by atoms with Gasteiger partial charge in [-0.1, -0.05) is 13.8 Å². The molecule has 0 aliphatic rings. The second-order valence-corrected chi connectivity index (χ2v) is 20.1. The minimum absolute atomic E-state index is 0. The smallest absolute Gasteiger partial charge is 0.678 e. The molecule has 5 aromatic rings. The van der Waals surface area contributed by atoms with E-state index in [1.165, 1.54) is 0 Å². The van der Waals surface area contributed by atoms with Gasteiger partial charge in [0.1, 0.15) is 0 Å². The summed E-state index contributed by atoms with van der Waals surface area (Å²) >= 11 is 0. The van der Waals surface area contributed by atoms with E-state index in [0.29, 0.717) is 12.8 Å². The predicted molar refractivity (Wildman–Crippen MR) is 222 cm³/mol. The molecule has 18 nitrogen and oxygen atoms in total. The maximum atomic E-state index is 12.9. The zero-order valence-electron chi connectivity index (χ0n) is 42.7. The Bertz CT molecular complexity index is 3320. The van der Waals surface area contributed by atoms with Crippen LogP contribution in [0.3, 0.4) is 0 Å². The Morgan fingerprint density at radius 2 is 0.551 bits per heavy atom. The van der Waals surface area contributed by atoms with Crippen LogP contribution in [0.2, 0.25) is 0 Å². The molecule has 0 spiro atoms. The number of halogens is 30. The van der Waals surface area contributed by atoms with Crippen molar-refractivity contribution in [1.29, 1.82) is 0 Å². The molecule has 490 valence electrons. The van der Waals surface area contributed by atoms with Crippen molar-refractivity contribution in [2.75, 3.05) is 19.3 Å². The summed E-state index contributed by atoms with van der Waals surface area (Å²) in [4.78, 5) is 10.4. The van der Waals surface area contributed by atoms with Crippen molar-refractivity contribution in [3.8, 4) is 0 Å². The summed E-state index contributed by atoms with van der Waals surface area (Å²) in [6.07, 6.45) is 0.516. The molecule has 0 aliphatic carbocycles. The van der Waals surface area contributed by atoms with Crippen LogP contribution in [0.4, 0.5) is 149 Å². The summed E-state index contributed by atoms with van der Waals surface area (Å²) < 4.78 is 459. The largest absolute Gasteiger partial charge is 2.00 e. The number of sulfonamides is 3. The SMILES string of the molecule is CCN.CC[NH-].CS(=O)(=O)[N-]c1c(F)c(F)nc(F)c1F.Fc1nc(F)c(F)c(F)c1F.O=S(=O)(Cc1c(F)c(F)nc(F)c1F)C(F)(F)F.O=S(=O)([N-]c1c(F)c(F)nc(F)c1F)C(F)(F)F.O=S(=O)([N-]c1c(F)c(F)nc(F)c1F)C(F)(F)F.[Na+].[Na+].[Zn+2]. The molecule has 0 saturated heterocycles. The van der Waals surface area contributed by atoms with Crippen molar-refractivity contribution >= 4 is 57.0 Å². The third kappa shape index (κ3) is 27.2. The van der Waals surface area contributed by atoms with Gasteiger partial charge >= 0.3 is 95.1 Å². The summed E-state index contributed by atoms with van der Waals surface area (Å²) in [5.41, 5.74) is -14.7. The molecule has 0 aliphatic heterocycles. The number of pyridine rings is 5. The maximum Gasteiger partial charge on any atom is 2.00 e. The Labute approximate surface area is 532 Å². The molecule has 5 heterocycles. The standard InChI is InChI=1S/C7H2F7NO2S.2C6F7N2O2S.C6H3F4N2O2S.C5F5N.C2H7N.C2H6N.2Na.Zn/c8-3-2(1-18(16,17)7(12,13)14)4(9)6(11)15-5(3)10;2*7-1-3(2(8)5(10)14-4(1)9)15-18(16,17)6(11,12)13;1-15(13,14)12-4-2(7)5(9)11-6(10)3(4)8;6-1-2(7)4(9)11-5(10)3(1)8;2*1-2-3;;;/h1H2;;;1H3;;2-3H2,1H3;3H,2H2,1H3;;;/q;3*-1;;;-1;2*+1;+2. The molecule has 55 heteroatoms. The summed E-state index contributed by atoms with van der Waals surface area (Å²) in [7, 11) is -22.8. The third-order valence-electron chi connectivity index (χ3n) is 6.91. The Kier molecular flexibility index (Phi) is 38.9. The number of alkyl halides is 9. The van der Waals surface area contributed by atoms with Crippen LogP contribution in [-0.2, 0) is 65.1 Å². The summed E-state index contributed by atoms with van der Waals surface area (Å²) in [5, 5.41) is 0. The van der Waals surface area contributed by atoms with Crippen molar-refractivity contribution < 1.29 is 244 Å². The first-order chi connectivity index (χ1) is 38.5. The van der Waals surface area contributed by atoms with E-state index in [1.807, 2.05) is 16.9 Å².